The van der Waals surface area contributed by atoms with E-state index in [2.05, 4.69) is 41.7 Å². The van der Waals surface area contributed by atoms with Crippen molar-refractivity contribution in [2.75, 3.05) is 12.4 Å². The van der Waals surface area contributed by atoms with Crippen LogP contribution in [0.15, 0.2) is 22.9 Å². The summed E-state index contributed by atoms with van der Waals surface area (Å²) in [5.74, 6) is 0.364. The zero-order valence-corrected chi connectivity index (χ0v) is 12.2. The minimum atomic E-state index is -0.182. The highest BCUT2D eigenvalue weighted by atomic mass is 79.9. The average Bonchev–Trinajstić information content (AvgIpc) is 2.81. The number of carbonyl (C=O) groups excluding carboxylic acids is 1. The van der Waals surface area contributed by atoms with Crippen molar-refractivity contribution in [1.82, 2.24) is 20.5 Å². The molecule has 0 bridgehead atoms. The van der Waals surface area contributed by atoms with E-state index < -0.39 is 0 Å². The van der Waals surface area contributed by atoms with Crippen LogP contribution in [0.5, 0.6) is 0 Å². The number of aryl methyl sites for hydroxylation is 1. The summed E-state index contributed by atoms with van der Waals surface area (Å²) in [7, 11) is 1.73. The first-order valence-electron chi connectivity index (χ1n) is 5.72. The Morgan fingerprint density at radius 3 is 2.89 bits per heavy atom. The van der Waals surface area contributed by atoms with Gasteiger partial charge in [-0.15, -0.1) is 0 Å². The highest BCUT2D eigenvalue weighted by Gasteiger charge is 2.13. The van der Waals surface area contributed by atoms with Crippen LogP contribution >= 0.6 is 15.9 Å². The number of hydrogen-bond donors (Lipinski definition) is 3. The summed E-state index contributed by atoms with van der Waals surface area (Å²) in [5, 5.41) is 12.5. The molecular formula is C12H14BrN5O. The fourth-order valence-corrected chi connectivity index (χ4v) is 1.97. The van der Waals surface area contributed by atoms with Crippen molar-refractivity contribution >= 4 is 27.7 Å². The van der Waals surface area contributed by atoms with E-state index in [1.807, 2.05) is 6.92 Å². The summed E-state index contributed by atoms with van der Waals surface area (Å²) >= 11 is 3.31. The number of aromatic nitrogens is 3. The van der Waals surface area contributed by atoms with E-state index in [9.17, 15) is 4.79 Å². The molecule has 0 aliphatic carbocycles. The molecule has 0 radical (unpaired) electrons. The van der Waals surface area contributed by atoms with Gasteiger partial charge < -0.3 is 10.6 Å². The van der Waals surface area contributed by atoms with Gasteiger partial charge >= 0.3 is 0 Å². The van der Waals surface area contributed by atoms with Crippen molar-refractivity contribution in [3.05, 3.63) is 39.8 Å². The molecule has 1 amide bonds. The van der Waals surface area contributed by atoms with E-state index in [0.717, 1.165) is 15.7 Å². The van der Waals surface area contributed by atoms with E-state index in [0.29, 0.717) is 17.9 Å². The number of H-pyrrole nitrogens is 1. The van der Waals surface area contributed by atoms with Crippen LogP contribution in [0, 0.1) is 6.92 Å². The number of anilines is 1. The molecule has 3 N–H and O–H groups in total. The molecule has 100 valence electrons. The molecule has 19 heavy (non-hydrogen) atoms. The Labute approximate surface area is 119 Å². The number of nitrogens with zero attached hydrogens (tertiary/aromatic N) is 2. The van der Waals surface area contributed by atoms with Crippen molar-refractivity contribution in [1.29, 1.82) is 0 Å². The molecule has 2 aromatic rings. The summed E-state index contributed by atoms with van der Waals surface area (Å²) in [6, 6.07) is 1.73. The van der Waals surface area contributed by atoms with Gasteiger partial charge in [-0.3, -0.25) is 9.89 Å². The summed E-state index contributed by atoms with van der Waals surface area (Å²) in [5.41, 5.74) is 2.40. The summed E-state index contributed by atoms with van der Waals surface area (Å²) in [6.45, 7) is 2.34. The Bertz CT molecular complexity index is 596. The van der Waals surface area contributed by atoms with Crippen molar-refractivity contribution in [3.8, 4) is 0 Å². The smallest absolute Gasteiger partial charge is 0.255 e. The standard InChI is InChI=1S/C12H14BrN5O/c1-7-8(5-17-18-7)4-16-12(19)10-3-9(13)6-15-11(10)14-2/h3,5-6H,4H2,1-2H3,(H,14,15)(H,16,19)(H,17,18). The Balaban J connectivity index is 2.12. The number of halogens is 1. The van der Waals surface area contributed by atoms with Crippen LogP contribution in [-0.2, 0) is 6.54 Å². The van der Waals surface area contributed by atoms with Gasteiger partial charge in [0.15, 0.2) is 0 Å². The first kappa shape index (κ1) is 13.5. The molecule has 0 saturated heterocycles. The average molecular weight is 324 g/mol. The summed E-state index contributed by atoms with van der Waals surface area (Å²) < 4.78 is 0.760. The molecule has 0 spiro atoms. The lowest BCUT2D eigenvalue weighted by Crippen LogP contribution is -2.24. The van der Waals surface area contributed by atoms with E-state index in [1.54, 1.807) is 25.5 Å². The third kappa shape index (κ3) is 3.11. The van der Waals surface area contributed by atoms with Gasteiger partial charge in [-0.2, -0.15) is 5.10 Å². The zero-order chi connectivity index (χ0) is 13.8. The monoisotopic (exact) mass is 323 g/mol. The van der Waals surface area contributed by atoms with Gasteiger partial charge in [0.05, 0.1) is 11.8 Å². The molecule has 0 fully saturated rings. The quantitative estimate of drug-likeness (QED) is 0.801. The predicted molar refractivity (Wildman–Crippen MR) is 76.0 cm³/mol. The van der Waals surface area contributed by atoms with E-state index >= 15 is 0 Å². The lowest BCUT2D eigenvalue weighted by atomic mass is 10.2. The number of carbonyl (C=O) groups is 1. The molecule has 0 saturated carbocycles. The highest BCUT2D eigenvalue weighted by Crippen LogP contribution is 2.17. The largest absolute Gasteiger partial charge is 0.372 e. The third-order valence-corrected chi connectivity index (χ3v) is 3.14. The van der Waals surface area contributed by atoms with Gasteiger partial charge in [0.1, 0.15) is 5.82 Å². The molecule has 0 unspecified atom stereocenters. The number of aromatic amines is 1. The van der Waals surface area contributed by atoms with Gasteiger partial charge in [0, 0.05) is 35.5 Å². The van der Waals surface area contributed by atoms with Crippen molar-refractivity contribution in [3.63, 3.8) is 0 Å². The summed E-state index contributed by atoms with van der Waals surface area (Å²) in [6.07, 6.45) is 3.34. The molecule has 2 rings (SSSR count). The van der Waals surface area contributed by atoms with Crippen LogP contribution in [0.3, 0.4) is 0 Å². The van der Waals surface area contributed by atoms with Crippen molar-refractivity contribution in [2.45, 2.75) is 13.5 Å². The molecule has 7 heteroatoms. The minimum absolute atomic E-state index is 0.182. The Kier molecular flexibility index (Phi) is 4.16. The predicted octanol–water partition coefficient (Wildman–Crippen LogP) is 1.85. The van der Waals surface area contributed by atoms with Crippen LogP contribution in [-0.4, -0.2) is 28.1 Å². The minimum Gasteiger partial charge on any atom is -0.372 e. The maximum atomic E-state index is 12.1. The highest BCUT2D eigenvalue weighted by molar-refractivity contribution is 9.10. The van der Waals surface area contributed by atoms with Crippen LogP contribution in [0.2, 0.25) is 0 Å². The van der Waals surface area contributed by atoms with E-state index in [4.69, 9.17) is 0 Å². The van der Waals surface area contributed by atoms with Gasteiger partial charge in [-0.25, -0.2) is 4.98 Å². The second kappa shape index (κ2) is 5.83. The fourth-order valence-electron chi connectivity index (χ4n) is 1.64. The number of nitrogens with one attached hydrogen (secondary N) is 3. The lowest BCUT2D eigenvalue weighted by Gasteiger charge is -2.09. The molecule has 6 nitrogen and oxygen atoms in total. The van der Waals surface area contributed by atoms with Gasteiger partial charge in [0.2, 0.25) is 0 Å². The van der Waals surface area contributed by atoms with E-state index in [1.165, 1.54) is 0 Å². The van der Waals surface area contributed by atoms with Crippen LogP contribution in [0.1, 0.15) is 21.6 Å². The molecule has 0 aliphatic rings. The van der Waals surface area contributed by atoms with Gasteiger partial charge in [-0.1, -0.05) is 0 Å². The first-order valence-corrected chi connectivity index (χ1v) is 6.51. The molecule has 2 heterocycles. The fraction of sp³-hybridized carbons (Fsp3) is 0.250. The van der Waals surface area contributed by atoms with Crippen LogP contribution in [0.4, 0.5) is 5.82 Å². The Morgan fingerprint density at radius 1 is 1.47 bits per heavy atom. The molecule has 0 atom stereocenters. The topological polar surface area (TPSA) is 82.7 Å². The maximum Gasteiger partial charge on any atom is 0.255 e. The number of rotatable bonds is 4. The number of hydrogen-bond acceptors (Lipinski definition) is 4. The maximum absolute atomic E-state index is 12.1. The Morgan fingerprint density at radius 2 is 2.26 bits per heavy atom. The van der Waals surface area contributed by atoms with Crippen LogP contribution < -0.4 is 10.6 Å². The lowest BCUT2D eigenvalue weighted by molar-refractivity contribution is 0.0951. The normalized spacial score (nSPS) is 10.3. The van der Waals surface area contributed by atoms with Crippen molar-refractivity contribution < 1.29 is 4.79 Å². The number of pyridine rings is 1. The first-order chi connectivity index (χ1) is 9.11. The van der Waals surface area contributed by atoms with Gasteiger partial charge in [0.25, 0.3) is 5.91 Å². The zero-order valence-electron chi connectivity index (χ0n) is 10.6. The second-order valence-electron chi connectivity index (χ2n) is 4.00. The number of amides is 1. The SMILES string of the molecule is CNc1ncc(Br)cc1C(=O)NCc1cn[nH]c1C. The molecular weight excluding hydrogens is 310 g/mol. The third-order valence-electron chi connectivity index (χ3n) is 2.71. The molecule has 0 aliphatic heterocycles. The second-order valence-corrected chi connectivity index (χ2v) is 4.92. The Hall–Kier alpha value is -1.89. The summed E-state index contributed by atoms with van der Waals surface area (Å²) in [4.78, 5) is 16.3. The van der Waals surface area contributed by atoms with Crippen LogP contribution in [0.25, 0.3) is 0 Å². The molecule has 0 aromatic carbocycles. The van der Waals surface area contributed by atoms with E-state index in [-0.39, 0.29) is 5.91 Å². The van der Waals surface area contributed by atoms with Crippen molar-refractivity contribution in [2.24, 2.45) is 0 Å². The van der Waals surface area contributed by atoms with Gasteiger partial charge in [-0.05, 0) is 28.9 Å². The molecule has 2 aromatic heterocycles.